The average molecular weight is 466 g/mol. The van der Waals surface area contributed by atoms with Crippen LogP contribution in [0.4, 0.5) is 11.4 Å². The maximum Gasteiger partial charge on any atom is 0.308 e. The van der Waals surface area contributed by atoms with Crippen molar-refractivity contribution in [1.29, 1.82) is 0 Å². The predicted molar refractivity (Wildman–Crippen MR) is 127 cm³/mol. The molecule has 2 amide bonds. The van der Waals surface area contributed by atoms with Crippen LogP contribution >= 0.6 is 0 Å². The molecule has 2 aromatic carbocycles. The summed E-state index contributed by atoms with van der Waals surface area (Å²) in [7, 11) is 0. The van der Waals surface area contributed by atoms with Gasteiger partial charge in [-0.05, 0) is 44.0 Å². The van der Waals surface area contributed by atoms with Gasteiger partial charge in [-0.3, -0.25) is 24.5 Å². The summed E-state index contributed by atoms with van der Waals surface area (Å²) in [4.78, 5) is 49.4. The van der Waals surface area contributed by atoms with E-state index in [9.17, 15) is 24.5 Å². The lowest BCUT2D eigenvalue weighted by molar-refractivity contribution is -0.385. The van der Waals surface area contributed by atoms with Crippen LogP contribution in [0.1, 0.15) is 50.3 Å². The standard InChI is InChI=1S/C25H27N3O6/c1-17(2)34-25(31)16-21(20-6-3-4-7-22(20)28(32)33)26-23(29)14-11-18-9-12-19(13-10-18)27-15-5-8-24(27)30/h3-4,6-7,9-14,17,21H,5,8,15-16H2,1-2H3,(H,26,29)/b14-11+. The lowest BCUT2D eigenvalue weighted by Crippen LogP contribution is -2.30. The molecule has 9 heteroatoms. The molecule has 0 aromatic heterocycles. The molecular weight excluding hydrogens is 438 g/mol. The molecule has 178 valence electrons. The van der Waals surface area contributed by atoms with E-state index in [-0.39, 0.29) is 29.7 Å². The fraction of sp³-hybridized carbons (Fsp3) is 0.320. The number of nitrogens with one attached hydrogen (secondary N) is 1. The molecule has 9 nitrogen and oxygen atoms in total. The van der Waals surface area contributed by atoms with E-state index in [0.717, 1.165) is 17.7 Å². The van der Waals surface area contributed by atoms with Gasteiger partial charge >= 0.3 is 5.97 Å². The first-order valence-electron chi connectivity index (χ1n) is 11.1. The molecule has 2 aromatic rings. The molecule has 0 saturated carbocycles. The molecule has 1 aliphatic rings. The quantitative estimate of drug-likeness (QED) is 0.259. The van der Waals surface area contributed by atoms with Gasteiger partial charge in [-0.25, -0.2) is 0 Å². The molecule has 0 bridgehead atoms. The second-order valence-electron chi connectivity index (χ2n) is 8.19. The van der Waals surface area contributed by atoms with E-state index in [1.54, 1.807) is 43.0 Å². The Morgan fingerprint density at radius 2 is 1.88 bits per heavy atom. The van der Waals surface area contributed by atoms with Crippen LogP contribution in [0.15, 0.2) is 54.6 Å². The number of carbonyl (C=O) groups is 3. The van der Waals surface area contributed by atoms with E-state index in [1.165, 1.54) is 24.3 Å². The minimum atomic E-state index is -0.937. The molecule has 1 aliphatic heterocycles. The Morgan fingerprint density at radius 3 is 2.50 bits per heavy atom. The number of amides is 2. The second kappa shape index (κ2) is 11.2. The zero-order valence-corrected chi connectivity index (χ0v) is 19.1. The third kappa shape index (κ3) is 6.50. The Balaban J connectivity index is 1.73. The van der Waals surface area contributed by atoms with Gasteiger partial charge in [-0.1, -0.05) is 30.3 Å². The fourth-order valence-electron chi connectivity index (χ4n) is 3.74. The van der Waals surface area contributed by atoms with E-state index >= 15 is 0 Å². The van der Waals surface area contributed by atoms with Gasteiger partial charge in [0, 0.05) is 30.8 Å². The van der Waals surface area contributed by atoms with Crippen molar-refractivity contribution in [3.05, 3.63) is 75.8 Å². The number of hydrogen-bond donors (Lipinski definition) is 1. The average Bonchev–Trinajstić information content (AvgIpc) is 3.23. The van der Waals surface area contributed by atoms with E-state index in [0.29, 0.717) is 13.0 Å². The van der Waals surface area contributed by atoms with Gasteiger partial charge in [0.15, 0.2) is 0 Å². The van der Waals surface area contributed by atoms with Crippen molar-refractivity contribution >= 4 is 35.2 Å². The highest BCUT2D eigenvalue weighted by Gasteiger charge is 2.26. The molecule has 0 aliphatic carbocycles. The van der Waals surface area contributed by atoms with Crippen LogP contribution in [-0.4, -0.2) is 35.4 Å². The van der Waals surface area contributed by atoms with Gasteiger partial charge in [0.1, 0.15) is 0 Å². The van der Waals surface area contributed by atoms with Crippen molar-refractivity contribution in [3.63, 3.8) is 0 Å². The number of hydrogen-bond acceptors (Lipinski definition) is 6. The Morgan fingerprint density at radius 1 is 1.18 bits per heavy atom. The zero-order valence-electron chi connectivity index (χ0n) is 19.1. The van der Waals surface area contributed by atoms with Crippen molar-refractivity contribution < 1.29 is 24.0 Å². The Labute approximate surface area is 197 Å². The number of esters is 1. The van der Waals surface area contributed by atoms with Crippen LogP contribution in [0.3, 0.4) is 0 Å². The minimum absolute atomic E-state index is 0.0970. The zero-order chi connectivity index (χ0) is 24.7. The summed E-state index contributed by atoms with van der Waals surface area (Å²) in [6.07, 6.45) is 3.67. The Hall–Kier alpha value is -4.01. The molecule has 1 N–H and O–H groups in total. The summed E-state index contributed by atoms with van der Waals surface area (Å²) in [6.45, 7) is 4.09. The fourth-order valence-corrected chi connectivity index (χ4v) is 3.74. The molecule has 3 rings (SSSR count). The maximum absolute atomic E-state index is 12.6. The number of nitro benzene ring substituents is 1. The van der Waals surface area contributed by atoms with Crippen molar-refractivity contribution in [2.45, 2.75) is 45.3 Å². The molecule has 1 heterocycles. The molecule has 34 heavy (non-hydrogen) atoms. The lowest BCUT2D eigenvalue weighted by atomic mass is 10.0. The summed E-state index contributed by atoms with van der Waals surface area (Å²) in [5.41, 5.74) is 1.58. The largest absolute Gasteiger partial charge is 0.463 e. The van der Waals surface area contributed by atoms with Crippen LogP contribution in [0, 0.1) is 10.1 Å². The van der Waals surface area contributed by atoms with Crippen LogP contribution in [0.25, 0.3) is 6.08 Å². The number of benzene rings is 2. The first-order chi connectivity index (χ1) is 16.2. The summed E-state index contributed by atoms with van der Waals surface area (Å²) in [6, 6.07) is 12.3. The van der Waals surface area contributed by atoms with Crippen LogP contribution in [0.2, 0.25) is 0 Å². The van der Waals surface area contributed by atoms with Crippen molar-refractivity contribution in [1.82, 2.24) is 5.32 Å². The minimum Gasteiger partial charge on any atom is -0.463 e. The number of para-hydroxylation sites is 1. The molecule has 1 unspecified atom stereocenters. The summed E-state index contributed by atoms with van der Waals surface area (Å²) in [5, 5.41) is 14.1. The maximum atomic E-state index is 12.6. The predicted octanol–water partition coefficient (Wildman–Crippen LogP) is 3.93. The van der Waals surface area contributed by atoms with Crippen LogP contribution in [0.5, 0.6) is 0 Å². The Bertz CT molecular complexity index is 1090. The third-order valence-electron chi connectivity index (χ3n) is 5.27. The summed E-state index contributed by atoms with van der Waals surface area (Å²) in [5.74, 6) is -0.992. The smallest absolute Gasteiger partial charge is 0.308 e. The van der Waals surface area contributed by atoms with E-state index in [4.69, 9.17) is 4.74 Å². The second-order valence-corrected chi connectivity index (χ2v) is 8.19. The molecule has 1 saturated heterocycles. The number of nitro groups is 1. The Kier molecular flexibility index (Phi) is 8.13. The van der Waals surface area contributed by atoms with Crippen molar-refractivity contribution in [2.75, 3.05) is 11.4 Å². The highest BCUT2D eigenvalue weighted by molar-refractivity contribution is 5.95. The van der Waals surface area contributed by atoms with Crippen molar-refractivity contribution in [2.24, 2.45) is 0 Å². The lowest BCUT2D eigenvalue weighted by Gasteiger charge is -2.18. The van der Waals surface area contributed by atoms with Gasteiger partial charge in [0.2, 0.25) is 11.8 Å². The summed E-state index contributed by atoms with van der Waals surface area (Å²) >= 11 is 0. The first-order valence-corrected chi connectivity index (χ1v) is 11.1. The highest BCUT2D eigenvalue weighted by atomic mass is 16.6. The first kappa shape index (κ1) is 24.6. The molecule has 0 radical (unpaired) electrons. The van der Waals surface area contributed by atoms with Gasteiger partial charge in [-0.2, -0.15) is 0 Å². The third-order valence-corrected chi connectivity index (χ3v) is 5.27. The van der Waals surface area contributed by atoms with Gasteiger partial charge in [-0.15, -0.1) is 0 Å². The normalized spacial score (nSPS) is 14.4. The van der Waals surface area contributed by atoms with Gasteiger partial charge in [0.05, 0.1) is 29.1 Å². The monoisotopic (exact) mass is 465 g/mol. The van der Waals surface area contributed by atoms with Crippen LogP contribution < -0.4 is 10.2 Å². The number of nitrogens with zero attached hydrogens (tertiary/aromatic N) is 2. The van der Waals surface area contributed by atoms with Gasteiger partial charge in [0.25, 0.3) is 5.69 Å². The van der Waals surface area contributed by atoms with Crippen molar-refractivity contribution in [3.8, 4) is 0 Å². The number of anilines is 1. The van der Waals surface area contributed by atoms with E-state index in [1.807, 2.05) is 12.1 Å². The SMILES string of the molecule is CC(C)OC(=O)CC(NC(=O)/C=C/c1ccc(N2CCCC2=O)cc1)c1ccccc1[N+](=O)[O-]. The molecule has 1 fully saturated rings. The van der Waals surface area contributed by atoms with E-state index < -0.39 is 22.8 Å². The molecular formula is C25H27N3O6. The summed E-state index contributed by atoms with van der Waals surface area (Å²) < 4.78 is 5.17. The van der Waals surface area contributed by atoms with E-state index in [2.05, 4.69) is 5.32 Å². The number of carbonyl (C=O) groups excluding carboxylic acids is 3. The number of rotatable bonds is 9. The van der Waals surface area contributed by atoms with Gasteiger partial charge < -0.3 is 15.0 Å². The molecule has 1 atom stereocenters. The molecule has 0 spiro atoms. The topological polar surface area (TPSA) is 119 Å². The van der Waals surface area contributed by atoms with Crippen LogP contribution in [-0.2, 0) is 19.1 Å². The number of ether oxygens (including phenoxy) is 1. The highest BCUT2D eigenvalue weighted by Crippen LogP contribution is 2.28.